The fourth-order valence-corrected chi connectivity index (χ4v) is 2.58. The molecule has 1 aromatic heterocycles. The number of methoxy groups -OCH3 is 1. The molecular weight excluding hydrogens is 334 g/mol. The standard InChI is InChI=1S/C20H25NO5/c1-13-7-6-8-18(14(13)2)25-10-9-19(22)21(4)12-16-11-17(15(3)26-16)20(23)24-5/h6-8,11H,9-10,12H2,1-5H3. The zero-order valence-corrected chi connectivity index (χ0v) is 15.9. The molecule has 0 spiro atoms. The Kier molecular flexibility index (Phi) is 6.44. The van der Waals surface area contributed by atoms with E-state index in [1.807, 2.05) is 32.0 Å². The van der Waals surface area contributed by atoms with Crippen LogP contribution in [-0.2, 0) is 16.1 Å². The molecule has 0 N–H and O–H groups in total. The van der Waals surface area contributed by atoms with Crippen molar-refractivity contribution in [3.63, 3.8) is 0 Å². The Balaban J connectivity index is 1.88. The SMILES string of the molecule is COC(=O)c1cc(CN(C)C(=O)CCOc2cccc(C)c2C)oc1C. The van der Waals surface area contributed by atoms with Gasteiger partial charge in [-0.05, 0) is 44.0 Å². The normalized spacial score (nSPS) is 10.5. The van der Waals surface area contributed by atoms with E-state index in [0.29, 0.717) is 23.7 Å². The minimum Gasteiger partial charge on any atom is -0.493 e. The third-order valence-corrected chi connectivity index (χ3v) is 4.32. The van der Waals surface area contributed by atoms with Gasteiger partial charge in [-0.2, -0.15) is 0 Å². The highest BCUT2D eigenvalue weighted by molar-refractivity contribution is 5.90. The first-order valence-electron chi connectivity index (χ1n) is 8.44. The Labute approximate surface area is 153 Å². The maximum absolute atomic E-state index is 12.3. The number of amides is 1. The van der Waals surface area contributed by atoms with Gasteiger partial charge in [-0.25, -0.2) is 4.79 Å². The maximum atomic E-state index is 12.3. The third-order valence-electron chi connectivity index (χ3n) is 4.32. The summed E-state index contributed by atoms with van der Waals surface area (Å²) in [6, 6.07) is 7.47. The summed E-state index contributed by atoms with van der Waals surface area (Å²) in [4.78, 5) is 25.4. The van der Waals surface area contributed by atoms with E-state index < -0.39 is 5.97 Å². The Morgan fingerprint density at radius 1 is 1.19 bits per heavy atom. The van der Waals surface area contributed by atoms with E-state index in [2.05, 4.69) is 0 Å². The van der Waals surface area contributed by atoms with Crippen molar-refractivity contribution in [2.24, 2.45) is 0 Å². The number of carbonyl (C=O) groups is 2. The summed E-state index contributed by atoms with van der Waals surface area (Å²) < 4.78 is 16.0. The topological polar surface area (TPSA) is 69.0 Å². The van der Waals surface area contributed by atoms with Crippen LogP contribution in [0.25, 0.3) is 0 Å². The molecule has 1 amide bonds. The predicted octanol–water partition coefficient (Wildman–Crippen LogP) is 3.42. The highest BCUT2D eigenvalue weighted by Gasteiger charge is 2.18. The van der Waals surface area contributed by atoms with Gasteiger partial charge in [-0.15, -0.1) is 0 Å². The van der Waals surface area contributed by atoms with Crippen LogP contribution >= 0.6 is 0 Å². The molecule has 0 radical (unpaired) electrons. The van der Waals surface area contributed by atoms with E-state index in [4.69, 9.17) is 13.9 Å². The lowest BCUT2D eigenvalue weighted by Gasteiger charge is -2.16. The molecule has 0 bridgehead atoms. The van der Waals surface area contributed by atoms with Gasteiger partial charge in [0.2, 0.25) is 5.91 Å². The Morgan fingerprint density at radius 3 is 2.62 bits per heavy atom. The molecule has 0 unspecified atom stereocenters. The number of nitrogens with zero attached hydrogens (tertiary/aromatic N) is 1. The summed E-state index contributed by atoms with van der Waals surface area (Å²) in [5.74, 6) is 1.29. The summed E-state index contributed by atoms with van der Waals surface area (Å²) in [6.45, 7) is 6.29. The van der Waals surface area contributed by atoms with Gasteiger partial charge in [0.1, 0.15) is 22.8 Å². The quantitative estimate of drug-likeness (QED) is 0.709. The van der Waals surface area contributed by atoms with E-state index in [0.717, 1.165) is 16.9 Å². The Bertz CT molecular complexity index is 793. The number of aryl methyl sites for hydroxylation is 2. The molecule has 26 heavy (non-hydrogen) atoms. The number of esters is 1. The largest absolute Gasteiger partial charge is 0.493 e. The van der Waals surface area contributed by atoms with Crippen LogP contribution in [0.2, 0.25) is 0 Å². The molecule has 0 aliphatic heterocycles. The molecule has 0 fully saturated rings. The van der Waals surface area contributed by atoms with Crippen molar-refractivity contribution in [2.45, 2.75) is 33.7 Å². The minimum absolute atomic E-state index is 0.0658. The number of rotatable bonds is 7. The molecule has 6 nitrogen and oxygen atoms in total. The molecular formula is C20H25NO5. The van der Waals surface area contributed by atoms with Gasteiger partial charge in [0.15, 0.2) is 0 Å². The fraction of sp³-hybridized carbons (Fsp3) is 0.400. The monoisotopic (exact) mass is 359 g/mol. The van der Waals surface area contributed by atoms with E-state index >= 15 is 0 Å². The number of furan rings is 1. The number of hydrogen-bond donors (Lipinski definition) is 0. The van der Waals surface area contributed by atoms with Crippen molar-refractivity contribution < 1.29 is 23.5 Å². The van der Waals surface area contributed by atoms with E-state index in [1.54, 1.807) is 24.9 Å². The van der Waals surface area contributed by atoms with Crippen molar-refractivity contribution in [3.8, 4) is 5.75 Å². The lowest BCUT2D eigenvalue weighted by Crippen LogP contribution is -2.27. The maximum Gasteiger partial charge on any atom is 0.341 e. The Hall–Kier alpha value is -2.76. The van der Waals surface area contributed by atoms with Gasteiger partial charge in [0.25, 0.3) is 0 Å². The second-order valence-corrected chi connectivity index (χ2v) is 6.22. The van der Waals surface area contributed by atoms with Crippen LogP contribution in [0.5, 0.6) is 5.75 Å². The molecule has 0 aliphatic carbocycles. The van der Waals surface area contributed by atoms with Crippen LogP contribution in [0.3, 0.4) is 0 Å². The molecule has 0 saturated carbocycles. The molecule has 140 valence electrons. The highest BCUT2D eigenvalue weighted by Crippen LogP contribution is 2.21. The molecule has 1 heterocycles. The summed E-state index contributed by atoms with van der Waals surface area (Å²) in [5, 5.41) is 0. The first-order chi connectivity index (χ1) is 12.3. The van der Waals surface area contributed by atoms with Gasteiger partial charge >= 0.3 is 5.97 Å². The number of carbonyl (C=O) groups excluding carboxylic acids is 2. The molecule has 2 aromatic rings. The summed E-state index contributed by atoms with van der Waals surface area (Å²) in [7, 11) is 3.01. The van der Waals surface area contributed by atoms with Gasteiger partial charge < -0.3 is 18.8 Å². The molecule has 6 heteroatoms. The van der Waals surface area contributed by atoms with E-state index in [9.17, 15) is 9.59 Å². The lowest BCUT2D eigenvalue weighted by atomic mass is 10.1. The van der Waals surface area contributed by atoms with E-state index in [-0.39, 0.29) is 18.9 Å². The van der Waals surface area contributed by atoms with Gasteiger partial charge in [-0.1, -0.05) is 12.1 Å². The molecule has 0 aliphatic rings. The van der Waals surface area contributed by atoms with Crippen LogP contribution in [-0.4, -0.2) is 37.5 Å². The first-order valence-corrected chi connectivity index (χ1v) is 8.44. The zero-order valence-electron chi connectivity index (χ0n) is 15.9. The van der Waals surface area contributed by atoms with Crippen molar-refractivity contribution >= 4 is 11.9 Å². The van der Waals surface area contributed by atoms with Crippen LogP contribution in [0, 0.1) is 20.8 Å². The second-order valence-electron chi connectivity index (χ2n) is 6.22. The number of ether oxygens (including phenoxy) is 2. The van der Waals surface area contributed by atoms with Crippen LogP contribution in [0.4, 0.5) is 0 Å². The highest BCUT2D eigenvalue weighted by atomic mass is 16.5. The summed E-state index contributed by atoms with van der Waals surface area (Å²) in [5.41, 5.74) is 2.61. The smallest absolute Gasteiger partial charge is 0.341 e. The van der Waals surface area contributed by atoms with Crippen molar-refractivity contribution in [3.05, 3.63) is 52.5 Å². The van der Waals surface area contributed by atoms with E-state index in [1.165, 1.54) is 7.11 Å². The van der Waals surface area contributed by atoms with Crippen LogP contribution in [0.1, 0.15) is 39.4 Å². The van der Waals surface area contributed by atoms with Crippen LogP contribution in [0.15, 0.2) is 28.7 Å². The number of hydrogen-bond acceptors (Lipinski definition) is 5. The zero-order chi connectivity index (χ0) is 19.3. The van der Waals surface area contributed by atoms with Gasteiger partial charge in [0, 0.05) is 7.05 Å². The predicted molar refractivity (Wildman–Crippen MR) is 97.3 cm³/mol. The summed E-state index contributed by atoms with van der Waals surface area (Å²) >= 11 is 0. The fourth-order valence-electron chi connectivity index (χ4n) is 2.58. The third kappa shape index (κ3) is 4.65. The van der Waals surface area contributed by atoms with Crippen molar-refractivity contribution in [2.75, 3.05) is 20.8 Å². The molecule has 0 saturated heterocycles. The van der Waals surface area contributed by atoms with Crippen molar-refractivity contribution in [1.29, 1.82) is 0 Å². The number of benzene rings is 1. The van der Waals surface area contributed by atoms with Gasteiger partial charge in [-0.3, -0.25) is 4.79 Å². The average Bonchev–Trinajstić information content (AvgIpc) is 2.98. The lowest BCUT2D eigenvalue weighted by molar-refractivity contribution is -0.131. The first kappa shape index (κ1) is 19.6. The second kappa shape index (κ2) is 8.56. The molecule has 0 atom stereocenters. The molecule has 1 aromatic carbocycles. The van der Waals surface area contributed by atoms with Crippen LogP contribution < -0.4 is 4.74 Å². The van der Waals surface area contributed by atoms with Crippen molar-refractivity contribution in [1.82, 2.24) is 4.90 Å². The Morgan fingerprint density at radius 2 is 1.92 bits per heavy atom. The average molecular weight is 359 g/mol. The summed E-state index contributed by atoms with van der Waals surface area (Å²) in [6.07, 6.45) is 0.257. The van der Waals surface area contributed by atoms with Gasteiger partial charge in [0.05, 0.1) is 26.7 Å². The minimum atomic E-state index is -0.451. The molecule has 2 rings (SSSR count).